The number of ether oxygens (including phenoxy) is 1. The number of halogens is 3. The number of aliphatic hydroxyl groups is 1. The van der Waals surface area contributed by atoms with E-state index in [9.17, 15) is 26.4 Å². The summed E-state index contributed by atoms with van der Waals surface area (Å²) in [6.45, 7) is 0.654. The van der Waals surface area contributed by atoms with Crippen LogP contribution >= 0.6 is 0 Å². The quantitative estimate of drug-likeness (QED) is 0.584. The van der Waals surface area contributed by atoms with Crippen molar-refractivity contribution in [3.05, 3.63) is 42.6 Å². The number of hydrogen-bond acceptors (Lipinski definition) is 7. The molecule has 2 aliphatic rings. The smallest absolute Gasteiger partial charge is 0.406 e. The molecule has 2 aliphatic heterocycles. The third-order valence-electron chi connectivity index (χ3n) is 6.37. The Morgan fingerprint density at radius 2 is 1.74 bits per heavy atom. The molecule has 35 heavy (non-hydrogen) atoms. The van der Waals surface area contributed by atoms with Crippen molar-refractivity contribution >= 4 is 27.4 Å². The molecule has 1 aromatic carbocycles. The second kappa shape index (κ2) is 9.63. The molecule has 2 N–H and O–H groups in total. The molecule has 0 aliphatic carbocycles. The zero-order chi connectivity index (χ0) is 25.3. The standard InChI is InChI=1S/C22H25F3N4O5S/c23-22(24,25)34-17-5-3-16(4-6-17)29-14-9-21(20(29)31)7-12-28(13-8-21)35(32,33)18-2-1-10-26-19(18)27-11-15-30/h1-6,10,30H,7-9,11-15H2,(H,26,27). The first-order valence-electron chi connectivity index (χ1n) is 11.0. The Balaban J connectivity index is 1.44. The number of aromatic nitrogens is 1. The number of carbonyl (C=O) groups excluding carboxylic acids is 1. The average Bonchev–Trinajstić information content (AvgIpc) is 3.13. The van der Waals surface area contributed by atoms with Crippen molar-refractivity contribution in [2.45, 2.75) is 30.5 Å². The van der Waals surface area contributed by atoms with Crippen LogP contribution in [0.2, 0.25) is 0 Å². The Kier molecular flexibility index (Phi) is 6.93. The highest BCUT2D eigenvalue weighted by Gasteiger charge is 2.50. The molecular weight excluding hydrogens is 489 g/mol. The minimum absolute atomic E-state index is 0.00457. The lowest BCUT2D eigenvalue weighted by Gasteiger charge is -2.37. The lowest BCUT2D eigenvalue weighted by Crippen LogP contribution is -2.46. The van der Waals surface area contributed by atoms with Gasteiger partial charge in [-0.1, -0.05) is 0 Å². The topological polar surface area (TPSA) is 112 Å². The van der Waals surface area contributed by atoms with E-state index in [-0.39, 0.29) is 48.6 Å². The van der Waals surface area contributed by atoms with Crippen molar-refractivity contribution in [1.82, 2.24) is 9.29 Å². The lowest BCUT2D eigenvalue weighted by atomic mass is 9.77. The molecule has 0 unspecified atom stereocenters. The van der Waals surface area contributed by atoms with Crippen LogP contribution in [-0.2, 0) is 14.8 Å². The van der Waals surface area contributed by atoms with Gasteiger partial charge in [-0.05, 0) is 55.7 Å². The molecule has 2 aromatic rings. The molecular formula is C22H25F3N4O5S. The zero-order valence-electron chi connectivity index (χ0n) is 18.7. The Bertz CT molecular complexity index is 1170. The molecule has 2 fully saturated rings. The van der Waals surface area contributed by atoms with E-state index >= 15 is 0 Å². The van der Waals surface area contributed by atoms with E-state index in [4.69, 9.17) is 5.11 Å². The Morgan fingerprint density at radius 1 is 1.09 bits per heavy atom. The van der Waals surface area contributed by atoms with Gasteiger partial charge in [0.1, 0.15) is 16.5 Å². The van der Waals surface area contributed by atoms with Crippen LogP contribution in [0.4, 0.5) is 24.7 Å². The van der Waals surface area contributed by atoms with E-state index in [0.29, 0.717) is 31.5 Å². The van der Waals surface area contributed by atoms with Gasteiger partial charge in [-0.3, -0.25) is 4.79 Å². The molecule has 0 saturated carbocycles. The van der Waals surface area contributed by atoms with Crippen molar-refractivity contribution in [1.29, 1.82) is 0 Å². The molecule has 0 radical (unpaired) electrons. The van der Waals surface area contributed by atoms with Crippen LogP contribution in [0, 0.1) is 5.41 Å². The SMILES string of the molecule is O=C1N(c2ccc(OC(F)(F)F)cc2)CCC12CCN(S(=O)(=O)c1cccnc1NCCO)CC2. The number of alkyl halides is 3. The number of carbonyl (C=O) groups is 1. The molecule has 1 spiro atoms. The van der Waals surface area contributed by atoms with Crippen molar-refractivity contribution in [3.63, 3.8) is 0 Å². The molecule has 4 rings (SSSR count). The van der Waals surface area contributed by atoms with Gasteiger partial charge in [-0.15, -0.1) is 13.2 Å². The van der Waals surface area contributed by atoms with Crippen LogP contribution in [0.3, 0.4) is 0 Å². The number of anilines is 2. The highest BCUT2D eigenvalue weighted by atomic mass is 32.2. The minimum Gasteiger partial charge on any atom is -0.406 e. The van der Waals surface area contributed by atoms with Crippen LogP contribution in [0.15, 0.2) is 47.5 Å². The number of hydrogen-bond donors (Lipinski definition) is 2. The van der Waals surface area contributed by atoms with Crippen molar-refractivity contribution < 1.29 is 36.2 Å². The van der Waals surface area contributed by atoms with Gasteiger partial charge in [-0.25, -0.2) is 13.4 Å². The second-order valence-electron chi connectivity index (χ2n) is 8.43. The Labute approximate surface area is 200 Å². The molecule has 1 amide bonds. The number of sulfonamides is 1. The Hall–Kier alpha value is -2.90. The van der Waals surface area contributed by atoms with E-state index in [1.807, 2.05) is 0 Å². The maximum absolute atomic E-state index is 13.3. The summed E-state index contributed by atoms with van der Waals surface area (Å²) in [4.78, 5) is 18.9. The largest absolute Gasteiger partial charge is 0.573 e. The van der Waals surface area contributed by atoms with Crippen LogP contribution in [0.5, 0.6) is 5.75 Å². The van der Waals surface area contributed by atoms with Gasteiger partial charge < -0.3 is 20.1 Å². The van der Waals surface area contributed by atoms with E-state index in [1.54, 1.807) is 0 Å². The van der Waals surface area contributed by atoms with E-state index in [1.165, 1.54) is 39.7 Å². The molecule has 9 nitrogen and oxygen atoms in total. The average molecular weight is 515 g/mol. The van der Waals surface area contributed by atoms with Gasteiger partial charge in [0.2, 0.25) is 15.9 Å². The number of pyridine rings is 1. The number of piperidine rings is 1. The third kappa shape index (κ3) is 5.21. The van der Waals surface area contributed by atoms with Crippen LogP contribution < -0.4 is 15.0 Å². The number of aliphatic hydroxyl groups excluding tert-OH is 1. The molecule has 2 saturated heterocycles. The molecule has 3 heterocycles. The summed E-state index contributed by atoms with van der Waals surface area (Å²) in [6.07, 6.45) is -2.16. The van der Waals surface area contributed by atoms with Gasteiger partial charge in [0.15, 0.2) is 0 Å². The first-order valence-corrected chi connectivity index (χ1v) is 12.5. The van der Waals surface area contributed by atoms with Crippen LogP contribution in [0.25, 0.3) is 0 Å². The first kappa shape index (κ1) is 25.2. The highest BCUT2D eigenvalue weighted by molar-refractivity contribution is 7.89. The maximum Gasteiger partial charge on any atom is 0.573 e. The molecule has 13 heteroatoms. The maximum atomic E-state index is 13.3. The molecule has 190 valence electrons. The van der Waals surface area contributed by atoms with Gasteiger partial charge >= 0.3 is 6.36 Å². The van der Waals surface area contributed by atoms with Gasteiger partial charge in [0, 0.05) is 38.1 Å². The number of amides is 1. The van der Waals surface area contributed by atoms with E-state index in [2.05, 4.69) is 15.0 Å². The minimum atomic E-state index is -4.80. The van der Waals surface area contributed by atoms with E-state index < -0.39 is 21.8 Å². The third-order valence-corrected chi connectivity index (χ3v) is 8.30. The van der Waals surface area contributed by atoms with E-state index in [0.717, 1.165) is 12.1 Å². The number of benzene rings is 1. The zero-order valence-corrected chi connectivity index (χ0v) is 19.5. The summed E-state index contributed by atoms with van der Waals surface area (Å²) >= 11 is 0. The summed E-state index contributed by atoms with van der Waals surface area (Å²) in [5.74, 6) is -0.377. The monoisotopic (exact) mass is 514 g/mol. The predicted molar refractivity (Wildman–Crippen MR) is 120 cm³/mol. The van der Waals surface area contributed by atoms with Gasteiger partial charge in [0.05, 0.1) is 12.0 Å². The summed E-state index contributed by atoms with van der Waals surface area (Å²) in [7, 11) is -3.88. The summed E-state index contributed by atoms with van der Waals surface area (Å²) in [6, 6.07) is 8.09. The van der Waals surface area contributed by atoms with Crippen LogP contribution in [0.1, 0.15) is 19.3 Å². The Morgan fingerprint density at radius 3 is 2.37 bits per heavy atom. The highest BCUT2D eigenvalue weighted by Crippen LogP contribution is 2.44. The molecule has 1 aromatic heterocycles. The van der Waals surface area contributed by atoms with Crippen LogP contribution in [-0.4, -0.2) is 67.9 Å². The van der Waals surface area contributed by atoms with Crippen molar-refractivity contribution in [2.24, 2.45) is 5.41 Å². The van der Waals surface area contributed by atoms with Gasteiger partial charge in [0.25, 0.3) is 0 Å². The molecule has 0 atom stereocenters. The number of nitrogens with zero attached hydrogens (tertiary/aromatic N) is 3. The summed E-state index contributed by atoms with van der Waals surface area (Å²) < 4.78 is 68.9. The number of rotatable bonds is 7. The number of nitrogens with one attached hydrogen (secondary N) is 1. The first-order chi connectivity index (χ1) is 16.6. The molecule has 0 bridgehead atoms. The van der Waals surface area contributed by atoms with Crippen molar-refractivity contribution in [3.8, 4) is 5.75 Å². The predicted octanol–water partition coefficient (Wildman–Crippen LogP) is 2.59. The fraction of sp³-hybridized carbons (Fsp3) is 0.455. The fourth-order valence-corrected chi connectivity index (χ4v) is 6.12. The lowest BCUT2D eigenvalue weighted by molar-refractivity contribution is -0.274. The van der Waals surface area contributed by atoms with Crippen molar-refractivity contribution in [2.75, 3.05) is 43.0 Å². The second-order valence-corrected chi connectivity index (χ2v) is 10.3. The van der Waals surface area contributed by atoms with Gasteiger partial charge in [-0.2, -0.15) is 4.31 Å². The summed E-state index contributed by atoms with van der Waals surface area (Å²) in [5.41, 5.74) is -0.258. The normalized spacial score (nSPS) is 18.7. The fourth-order valence-electron chi connectivity index (χ4n) is 4.56. The summed E-state index contributed by atoms with van der Waals surface area (Å²) in [5, 5.41) is 11.8.